The molecule has 2 rings (SSSR count). The average molecular weight is 259 g/mol. The van der Waals surface area contributed by atoms with E-state index in [1.165, 1.54) is 23.2 Å². The van der Waals surface area contributed by atoms with Crippen LogP contribution in [0, 0.1) is 11.3 Å². The second-order valence-corrected chi connectivity index (χ2v) is 4.39. The third kappa shape index (κ3) is 2.71. The summed E-state index contributed by atoms with van der Waals surface area (Å²) in [6.45, 7) is 0.428. The zero-order valence-electron chi connectivity index (χ0n) is 10.2. The van der Waals surface area contributed by atoms with E-state index in [0.29, 0.717) is 18.5 Å². The number of carbonyl (C=O) groups is 2. The van der Waals surface area contributed by atoms with Crippen LogP contribution in [-0.4, -0.2) is 39.5 Å². The number of carboxylic acid groups (broad SMARTS) is 1. The zero-order valence-corrected chi connectivity index (χ0v) is 10.2. The minimum Gasteiger partial charge on any atom is -0.480 e. The summed E-state index contributed by atoms with van der Waals surface area (Å²) < 4.78 is 0. The smallest absolute Gasteiger partial charge is 0.326 e. The molecule has 0 aromatic carbocycles. The molecule has 0 radical (unpaired) electrons. The molecule has 1 aromatic heterocycles. The summed E-state index contributed by atoms with van der Waals surface area (Å²) in [4.78, 5) is 28.6. The third-order valence-corrected chi connectivity index (χ3v) is 3.16. The van der Waals surface area contributed by atoms with Gasteiger partial charge in [-0.15, -0.1) is 0 Å². The van der Waals surface area contributed by atoms with Gasteiger partial charge in [0.15, 0.2) is 0 Å². The van der Waals surface area contributed by atoms with Crippen LogP contribution in [0.3, 0.4) is 0 Å². The summed E-state index contributed by atoms with van der Waals surface area (Å²) in [7, 11) is 0. The van der Waals surface area contributed by atoms with Gasteiger partial charge in [-0.1, -0.05) is 0 Å². The summed E-state index contributed by atoms with van der Waals surface area (Å²) in [6.07, 6.45) is 3.39. The largest absolute Gasteiger partial charge is 0.480 e. The van der Waals surface area contributed by atoms with Crippen molar-refractivity contribution in [3.05, 3.63) is 29.6 Å². The maximum atomic E-state index is 12.2. The molecule has 0 bridgehead atoms. The van der Waals surface area contributed by atoms with Gasteiger partial charge in [0.2, 0.25) is 0 Å². The van der Waals surface area contributed by atoms with Gasteiger partial charge in [0.1, 0.15) is 17.8 Å². The Morgan fingerprint density at radius 2 is 2.21 bits per heavy atom. The second kappa shape index (κ2) is 5.48. The number of aliphatic carboxylic acids is 1. The summed E-state index contributed by atoms with van der Waals surface area (Å²) >= 11 is 0. The van der Waals surface area contributed by atoms with Crippen molar-refractivity contribution in [3.8, 4) is 6.07 Å². The van der Waals surface area contributed by atoms with Gasteiger partial charge in [-0.05, 0) is 31.4 Å². The number of carbonyl (C=O) groups excluding carboxylic acids is 1. The van der Waals surface area contributed by atoms with Gasteiger partial charge in [-0.3, -0.25) is 4.79 Å². The molecule has 0 unspecified atom stereocenters. The first-order valence-corrected chi connectivity index (χ1v) is 6.03. The van der Waals surface area contributed by atoms with Gasteiger partial charge >= 0.3 is 5.97 Å². The van der Waals surface area contributed by atoms with E-state index in [1.807, 2.05) is 6.07 Å². The fourth-order valence-corrected chi connectivity index (χ4v) is 2.17. The van der Waals surface area contributed by atoms with Crippen LogP contribution in [0.4, 0.5) is 0 Å². The third-order valence-electron chi connectivity index (χ3n) is 3.16. The molecule has 1 aromatic rings. The molecule has 1 aliphatic heterocycles. The fraction of sp³-hybridized carbons (Fsp3) is 0.385. The molecule has 1 N–H and O–H groups in total. The number of amides is 1. The lowest BCUT2D eigenvalue weighted by molar-refractivity contribution is -0.143. The quantitative estimate of drug-likeness (QED) is 0.856. The molecule has 1 amide bonds. The van der Waals surface area contributed by atoms with Gasteiger partial charge in [-0.25, -0.2) is 9.78 Å². The number of piperidine rings is 1. The van der Waals surface area contributed by atoms with Crippen molar-refractivity contribution in [1.29, 1.82) is 5.26 Å². The molecule has 1 saturated heterocycles. The van der Waals surface area contributed by atoms with Crippen LogP contribution in [0.2, 0.25) is 0 Å². The van der Waals surface area contributed by atoms with E-state index in [4.69, 9.17) is 10.4 Å². The number of carboxylic acids is 1. The number of hydrogen-bond donors (Lipinski definition) is 1. The Bertz CT molecular complexity index is 533. The van der Waals surface area contributed by atoms with Gasteiger partial charge in [0, 0.05) is 12.7 Å². The number of hydrogen-bond acceptors (Lipinski definition) is 4. The lowest BCUT2D eigenvalue weighted by atomic mass is 10.0. The van der Waals surface area contributed by atoms with Gasteiger partial charge in [0.25, 0.3) is 5.91 Å². The van der Waals surface area contributed by atoms with Crippen molar-refractivity contribution in [2.45, 2.75) is 25.3 Å². The van der Waals surface area contributed by atoms with Crippen LogP contribution in [0.25, 0.3) is 0 Å². The van der Waals surface area contributed by atoms with Crippen molar-refractivity contribution < 1.29 is 14.7 Å². The molecule has 6 nitrogen and oxygen atoms in total. The number of likely N-dealkylation sites (tertiary alicyclic amines) is 1. The first-order valence-electron chi connectivity index (χ1n) is 6.03. The second-order valence-electron chi connectivity index (χ2n) is 4.39. The van der Waals surface area contributed by atoms with Crippen LogP contribution in [0.15, 0.2) is 18.3 Å². The molecule has 1 atom stereocenters. The summed E-state index contributed by atoms with van der Waals surface area (Å²) in [6, 6.07) is 4.09. The number of nitriles is 1. The highest BCUT2D eigenvalue weighted by Gasteiger charge is 2.32. The molecule has 0 aliphatic carbocycles. The van der Waals surface area contributed by atoms with E-state index in [-0.39, 0.29) is 5.69 Å². The van der Waals surface area contributed by atoms with Crippen LogP contribution in [-0.2, 0) is 4.79 Å². The first kappa shape index (κ1) is 13.0. The lowest BCUT2D eigenvalue weighted by Gasteiger charge is -2.32. The molecular weight excluding hydrogens is 246 g/mol. The summed E-state index contributed by atoms with van der Waals surface area (Å²) in [5.74, 6) is -1.38. The lowest BCUT2D eigenvalue weighted by Crippen LogP contribution is -2.48. The highest BCUT2D eigenvalue weighted by molar-refractivity contribution is 5.95. The number of pyridine rings is 1. The maximum Gasteiger partial charge on any atom is 0.326 e. The Labute approximate surface area is 110 Å². The minimum atomic E-state index is -0.985. The van der Waals surface area contributed by atoms with E-state index in [1.54, 1.807) is 0 Å². The normalized spacial score (nSPS) is 18.7. The van der Waals surface area contributed by atoms with Gasteiger partial charge in [-0.2, -0.15) is 5.26 Å². The molecule has 2 heterocycles. The zero-order chi connectivity index (χ0) is 13.8. The molecule has 1 aliphatic rings. The summed E-state index contributed by atoms with van der Waals surface area (Å²) in [5.41, 5.74) is 0.539. The van der Waals surface area contributed by atoms with Crippen molar-refractivity contribution in [2.75, 3.05) is 6.54 Å². The highest BCUT2D eigenvalue weighted by atomic mass is 16.4. The van der Waals surface area contributed by atoms with E-state index >= 15 is 0 Å². The maximum absolute atomic E-state index is 12.2. The minimum absolute atomic E-state index is 0.173. The molecule has 1 fully saturated rings. The van der Waals surface area contributed by atoms with Crippen molar-refractivity contribution in [1.82, 2.24) is 9.88 Å². The van der Waals surface area contributed by atoms with Crippen molar-refractivity contribution in [2.24, 2.45) is 0 Å². The fourth-order valence-electron chi connectivity index (χ4n) is 2.17. The molecule has 0 spiro atoms. The highest BCUT2D eigenvalue weighted by Crippen LogP contribution is 2.19. The standard InChI is InChI=1S/C13H13N3O3/c14-7-9-4-5-10(15-8-9)12(17)16-6-2-1-3-11(16)13(18)19/h4-5,8,11H,1-3,6H2,(H,18,19)/t11-/m0/s1. The Morgan fingerprint density at radius 1 is 1.42 bits per heavy atom. The van der Waals surface area contributed by atoms with Gasteiger partial charge in [0.05, 0.1) is 5.56 Å². The molecule has 19 heavy (non-hydrogen) atoms. The summed E-state index contributed by atoms with van der Waals surface area (Å²) in [5, 5.41) is 17.8. The Morgan fingerprint density at radius 3 is 2.79 bits per heavy atom. The van der Waals surface area contributed by atoms with Crippen molar-refractivity contribution >= 4 is 11.9 Å². The SMILES string of the molecule is N#Cc1ccc(C(=O)N2CCCC[C@H]2C(=O)O)nc1. The molecule has 98 valence electrons. The number of aromatic nitrogens is 1. The number of rotatable bonds is 2. The topological polar surface area (TPSA) is 94.3 Å². The van der Waals surface area contributed by atoms with E-state index in [9.17, 15) is 9.59 Å². The van der Waals surface area contributed by atoms with Gasteiger partial charge < -0.3 is 10.0 Å². The van der Waals surface area contributed by atoms with E-state index in [0.717, 1.165) is 12.8 Å². The Hall–Kier alpha value is -2.42. The molecule has 0 saturated carbocycles. The predicted octanol–water partition coefficient (Wildman–Crippen LogP) is 1.03. The molecule has 6 heteroatoms. The van der Waals surface area contributed by atoms with E-state index in [2.05, 4.69) is 4.98 Å². The van der Waals surface area contributed by atoms with E-state index < -0.39 is 17.9 Å². The van der Waals surface area contributed by atoms with Crippen LogP contribution in [0.5, 0.6) is 0 Å². The Balaban J connectivity index is 2.21. The first-order chi connectivity index (χ1) is 9.13. The Kier molecular flexibility index (Phi) is 3.76. The average Bonchev–Trinajstić information content (AvgIpc) is 2.46. The van der Waals surface area contributed by atoms with Crippen LogP contribution < -0.4 is 0 Å². The predicted molar refractivity (Wildman–Crippen MR) is 65.3 cm³/mol. The molecular formula is C13H13N3O3. The van der Waals surface area contributed by atoms with Crippen LogP contribution >= 0.6 is 0 Å². The van der Waals surface area contributed by atoms with Crippen LogP contribution in [0.1, 0.15) is 35.3 Å². The monoisotopic (exact) mass is 259 g/mol. The van der Waals surface area contributed by atoms with Crippen molar-refractivity contribution in [3.63, 3.8) is 0 Å². The number of nitrogens with zero attached hydrogens (tertiary/aromatic N) is 3.